The molecule has 11 rings (SSSR count). The lowest BCUT2D eigenvalue weighted by atomic mass is 9.90. The zero-order chi connectivity index (χ0) is 55.8. The number of nitrogens with zero attached hydrogens (tertiary/aromatic N) is 8. The number of carbonyl (C=O) groups is 3. The fraction of sp³-hybridized carbons (Fsp3) is 0.382. The molecule has 4 aliphatic rings. The number of aliphatic hydroxyl groups excluding tert-OH is 1. The van der Waals surface area contributed by atoms with Gasteiger partial charge in [-0.3, -0.25) is 24.1 Å². The van der Waals surface area contributed by atoms with Crippen molar-refractivity contribution in [3.05, 3.63) is 128 Å². The first-order valence-corrected chi connectivity index (χ1v) is 28.7. The summed E-state index contributed by atoms with van der Waals surface area (Å²) in [6.45, 7) is 9.05. The number of aryl methyl sites for hydroxylation is 2. The van der Waals surface area contributed by atoms with E-state index >= 15 is 4.39 Å². The maximum Gasteiger partial charge on any atom is 0.277 e. The molecule has 0 unspecified atom stereocenters. The normalized spacial score (nSPS) is 20.7. The van der Waals surface area contributed by atoms with E-state index in [1.165, 1.54) is 26.9 Å². The van der Waals surface area contributed by atoms with Crippen LogP contribution in [0, 0.1) is 24.5 Å². The van der Waals surface area contributed by atoms with Crippen LogP contribution in [0.4, 0.5) is 20.3 Å². The Balaban J connectivity index is 0.753. The highest BCUT2D eigenvalue weighted by atomic mass is 32.2. The quantitative estimate of drug-likeness (QED) is 0.0940. The number of likely N-dealkylation sites (tertiary alicyclic amines) is 2. The molecule has 5 atom stereocenters. The number of benzene rings is 2. The third-order valence-corrected chi connectivity index (χ3v) is 17.1. The van der Waals surface area contributed by atoms with Crippen LogP contribution in [0.1, 0.15) is 78.0 Å². The maximum absolute atomic E-state index is 15.7. The first kappa shape index (κ1) is 53.3. The summed E-state index contributed by atoms with van der Waals surface area (Å²) in [5.74, 6) is -4.26. The van der Waals surface area contributed by atoms with Crippen molar-refractivity contribution in [1.82, 2.24) is 45.1 Å². The Labute approximate surface area is 456 Å². The van der Waals surface area contributed by atoms with Crippen LogP contribution in [-0.4, -0.2) is 129 Å². The summed E-state index contributed by atoms with van der Waals surface area (Å²) in [5.41, 5.74) is 5.21. The van der Waals surface area contributed by atoms with Gasteiger partial charge in [0.05, 0.1) is 52.4 Å². The zero-order valence-electron chi connectivity index (χ0n) is 44.0. The third kappa shape index (κ3) is 10.1. The van der Waals surface area contributed by atoms with E-state index < -0.39 is 62.6 Å². The number of H-pyrrole nitrogens is 1. The van der Waals surface area contributed by atoms with Gasteiger partial charge in [-0.15, -0.1) is 11.3 Å². The smallest absolute Gasteiger partial charge is 0.277 e. The van der Waals surface area contributed by atoms with Crippen LogP contribution in [-0.2, 0) is 44.3 Å². The van der Waals surface area contributed by atoms with Gasteiger partial charge in [0.1, 0.15) is 35.2 Å². The van der Waals surface area contributed by atoms with E-state index in [1.807, 2.05) is 45.0 Å². The molecule has 3 amide bonds. The average Bonchev–Trinajstić information content (AvgIpc) is 4.32. The van der Waals surface area contributed by atoms with Gasteiger partial charge in [-0.1, -0.05) is 38.1 Å². The minimum Gasteiger partial charge on any atom is -0.474 e. The number of aliphatic hydroxyl groups is 1. The zero-order valence-corrected chi connectivity index (χ0v) is 45.7. The number of hydrogen-bond donors (Lipinski definition) is 4. The molecule has 4 N–H and O–H groups in total. The number of aromatic amines is 1. The number of hydrogen-bond acceptors (Lipinski definition) is 16. The number of aliphatic imine (C=N–C) groups is 1. The fourth-order valence-electron chi connectivity index (χ4n) is 11.4. The van der Waals surface area contributed by atoms with Gasteiger partial charge < -0.3 is 44.4 Å². The topological polar surface area (TPSA) is 251 Å². The highest BCUT2D eigenvalue weighted by molar-refractivity contribution is 7.89. The van der Waals surface area contributed by atoms with Crippen LogP contribution in [0.5, 0.6) is 5.88 Å². The summed E-state index contributed by atoms with van der Waals surface area (Å²) < 4.78 is 69.0. The number of amidine groups is 1. The second-order valence-electron chi connectivity index (χ2n) is 21.4. The van der Waals surface area contributed by atoms with Crippen LogP contribution in [0.25, 0.3) is 32.5 Å². The number of rotatable bonds is 15. The molecule has 412 valence electrons. The minimum absolute atomic E-state index is 0.0244. The van der Waals surface area contributed by atoms with Crippen molar-refractivity contribution in [2.75, 3.05) is 43.9 Å². The van der Waals surface area contributed by atoms with Crippen molar-refractivity contribution in [2.45, 2.75) is 82.5 Å². The molecule has 0 radical (unpaired) electrons. The van der Waals surface area contributed by atoms with Gasteiger partial charge >= 0.3 is 0 Å². The molecule has 7 aromatic rings. The lowest BCUT2D eigenvalue weighted by molar-refractivity contribution is -0.134. The van der Waals surface area contributed by atoms with Gasteiger partial charge in [0.25, 0.3) is 23.3 Å². The number of β-amino-alcohol motifs (C(OH)–C–C–N with tert-alkyl or cyclic N) is 1. The van der Waals surface area contributed by atoms with Crippen molar-refractivity contribution in [1.29, 1.82) is 0 Å². The van der Waals surface area contributed by atoms with Crippen LogP contribution >= 0.6 is 11.3 Å². The van der Waals surface area contributed by atoms with Gasteiger partial charge in [0.15, 0.2) is 27.2 Å². The molecule has 0 saturated carbocycles. The van der Waals surface area contributed by atoms with Crippen LogP contribution < -0.4 is 25.8 Å². The maximum atomic E-state index is 15.7. The SMILES string of the molecule is Cc1ncsc1-c1ccc([C@@]2(C)NC([C@@H]3C[C@@H](O)CN3C(=O)[C@H](c3cc(OCCN4CC[C@H](NC(=O)c5cc6c(cc5CS(C)(=O)=O)-c5cn(C)c(=O)c7[nH]cc(c57)CN6c5ncc(F)cc5F)C4)no3)C(C)C)=NC2=O)cc1. The number of anilines is 2. The molecule has 9 heterocycles. The molecule has 0 spiro atoms. The molecule has 24 heteroatoms. The summed E-state index contributed by atoms with van der Waals surface area (Å²) in [4.78, 5) is 77.9. The molecule has 5 aromatic heterocycles. The van der Waals surface area contributed by atoms with E-state index in [0.717, 1.165) is 28.6 Å². The van der Waals surface area contributed by atoms with Crippen LogP contribution in [0.15, 0.2) is 86.9 Å². The summed E-state index contributed by atoms with van der Waals surface area (Å²) in [7, 11) is -2.15. The van der Waals surface area contributed by atoms with Gasteiger partial charge in [0, 0.05) is 98.5 Å². The van der Waals surface area contributed by atoms with E-state index in [4.69, 9.17) is 9.26 Å². The van der Waals surface area contributed by atoms with Crippen molar-refractivity contribution in [2.24, 2.45) is 18.0 Å². The number of ether oxygens (including phenoxy) is 1. The molecular weight excluding hydrogens is 1060 g/mol. The van der Waals surface area contributed by atoms with Gasteiger partial charge in [-0.05, 0) is 65.7 Å². The Morgan fingerprint density at radius 1 is 1.08 bits per heavy atom. The van der Waals surface area contributed by atoms with Crippen molar-refractivity contribution < 1.29 is 45.9 Å². The first-order valence-electron chi connectivity index (χ1n) is 25.8. The number of thiazole rings is 1. The molecule has 20 nitrogen and oxygen atoms in total. The predicted molar refractivity (Wildman–Crippen MR) is 291 cm³/mol. The molecule has 79 heavy (non-hydrogen) atoms. The highest BCUT2D eigenvalue weighted by Gasteiger charge is 2.49. The predicted octanol–water partition coefficient (Wildman–Crippen LogP) is 5.85. The van der Waals surface area contributed by atoms with E-state index in [0.29, 0.717) is 71.3 Å². The molecule has 4 aliphatic heterocycles. The lowest BCUT2D eigenvalue weighted by Crippen LogP contribution is -2.51. The Kier molecular flexibility index (Phi) is 13.9. The van der Waals surface area contributed by atoms with E-state index in [1.54, 1.807) is 48.9 Å². The third-order valence-electron chi connectivity index (χ3n) is 15.3. The molecule has 0 aliphatic carbocycles. The number of fused-ring (bicyclic) bond motifs is 2. The monoisotopic (exact) mass is 1120 g/mol. The number of pyridine rings is 2. The fourth-order valence-corrected chi connectivity index (χ4v) is 13.0. The van der Waals surface area contributed by atoms with Crippen molar-refractivity contribution in [3.8, 4) is 27.4 Å². The van der Waals surface area contributed by atoms with E-state index in [9.17, 15) is 37.1 Å². The van der Waals surface area contributed by atoms with Crippen LogP contribution in [0.2, 0.25) is 0 Å². The van der Waals surface area contributed by atoms with Gasteiger partial charge in [-0.25, -0.2) is 27.2 Å². The Morgan fingerprint density at radius 3 is 2.58 bits per heavy atom. The summed E-state index contributed by atoms with van der Waals surface area (Å²) in [6, 6.07) is 12.0. The second-order valence-corrected chi connectivity index (χ2v) is 24.3. The Morgan fingerprint density at radius 2 is 1.86 bits per heavy atom. The number of sulfone groups is 1. The molecule has 2 aromatic carbocycles. The Hall–Kier alpha value is -7.67. The minimum atomic E-state index is -3.72. The van der Waals surface area contributed by atoms with Gasteiger partial charge in [-0.2, -0.15) is 4.99 Å². The summed E-state index contributed by atoms with van der Waals surface area (Å²) >= 11 is 1.54. The number of halogens is 2. The second kappa shape index (κ2) is 20.5. The highest BCUT2D eigenvalue weighted by Crippen LogP contribution is 2.45. The lowest BCUT2D eigenvalue weighted by Gasteiger charge is -2.31. The van der Waals surface area contributed by atoms with E-state index in [-0.39, 0.29) is 83.6 Å². The standard InChI is InChI=1S/C55H57F2N11O9S2/c1-28(2)45(52(71)68-24-36(69)17-42(68)49-62-54(73)55(4,63-49)33-9-7-30(8-10-33)48-29(3)60-27-78-48)43-19-44(64-77-43)76-14-13-66-12-11-35(23-66)61-51(70)37-18-41-38(15-31(37)26-79(6,74)75)39-25-65(5)53(72)47-46(39)32(20-58-47)22-67(41)50-40(57)16-34(56)21-59-50/h7-10,15-16,18-21,25,27-28,35-36,42,45,58,69H,11-14,17,22-24,26H2,1-6H3,(H,61,70)(H,62,63,73)/t35-,36+,42-,45-,55+/m0/s1. The molecule has 2 fully saturated rings. The van der Waals surface area contributed by atoms with Crippen molar-refractivity contribution in [3.63, 3.8) is 0 Å². The number of amides is 3. The van der Waals surface area contributed by atoms with Gasteiger partial charge in [0.2, 0.25) is 5.91 Å². The van der Waals surface area contributed by atoms with Crippen LogP contribution in [0.3, 0.4) is 0 Å². The summed E-state index contributed by atoms with van der Waals surface area (Å²) in [6.07, 6.45) is 5.05. The number of nitrogens with one attached hydrogen (secondary N) is 3. The largest absolute Gasteiger partial charge is 0.474 e. The number of carbonyl (C=O) groups excluding carboxylic acids is 3. The Bertz CT molecular complexity index is 3800. The molecular formula is C55H57F2N11O9S2. The molecule has 2 saturated heterocycles. The van der Waals surface area contributed by atoms with Crippen molar-refractivity contribution >= 4 is 67.1 Å². The molecule has 0 bridgehead atoms. The average molecular weight is 1120 g/mol. The van der Waals surface area contributed by atoms with E-state index in [2.05, 4.69) is 40.6 Å². The first-order chi connectivity index (χ1) is 37.6. The number of aromatic nitrogens is 5. The summed E-state index contributed by atoms with van der Waals surface area (Å²) in [5, 5.41) is 22.0.